The third-order valence-corrected chi connectivity index (χ3v) is 3.17. The van der Waals surface area contributed by atoms with E-state index < -0.39 is 26.8 Å². The van der Waals surface area contributed by atoms with Crippen LogP contribution in [0.1, 0.15) is 26.3 Å². The summed E-state index contributed by atoms with van der Waals surface area (Å²) in [5.74, 6) is -0.0986. The molecule has 0 heterocycles. The lowest BCUT2D eigenvalue weighted by Crippen LogP contribution is -2.32. The predicted molar refractivity (Wildman–Crippen MR) is 74.4 cm³/mol. The van der Waals surface area contributed by atoms with Crippen LogP contribution in [-0.2, 0) is 21.5 Å². The van der Waals surface area contributed by atoms with Crippen LogP contribution in [0.15, 0.2) is 23.1 Å². The third kappa shape index (κ3) is 5.58. The molecule has 0 aliphatic rings. The van der Waals surface area contributed by atoms with Gasteiger partial charge in [0.2, 0.25) is 0 Å². The fourth-order valence-corrected chi connectivity index (χ4v) is 2.19. The molecule has 0 saturated heterocycles. The second-order valence-electron chi connectivity index (χ2n) is 5.28. The second kappa shape index (κ2) is 6.30. The van der Waals surface area contributed by atoms with Crippen LogP contribution >= 0.6 is 0 Å². The number of hydrogen-bond acceptors (Lipinski definition) is 5. The molecule has 1 N–H and O–H groups in total. The van der Waals surface area contributed by atoms with E-state index in [1.165, 1.54) is 19.2 Å². The first-order chi connectivity index (χ1) is 9.53. The molecule has 0 fully saturated rings. The molecule has 0 bridgehead atoms. The maximum absolute atomic E-state index is 13.2. The first kappa shape index (κ1) is 17.2. The number of benzene rings is 1. The minimum atomic E-state index is -4.90. The van der Waals surface area contributed by atoms with Crippen molar-refractivity contribution in [2.75, 3.05) is 7.11 Å². The van der Waals surface area contributed by atoms with E-state index in [0.29, 0.717) is 5.56 Å². The first-order valence-corrected chi connectivity index (χ1v) is 7.50. The molecule has 1 amide bonds. The van der Waals surface area contributed by atoms with Gasteiger partial charge >= 0.3 is 16.3 Å². The summed E-state index contributed by atoms with van der Waals surface area (Å²) in [7, 11) is -3.67. The third-order valence-electron chi connectivity index (χ3n) is 2.33. The molecule has 1 rings (SSSR count). The van der Waals surface area contributed by atoms with Crippen LogP contribution in [0.3, 0.4) is 0 Å². The summed E-state index contributed by atoms with van der Waals surface area (Å²) in [5, 5.41) is 2.45. The molecule has 8 heteroatoms. The number of methoxy groups -OCH3 is 1. The molecule has 0 radical (unpaired) electrons. The fourth-order valence-electron chi connectivity index (χ4n) is 1.51. The lowest BCUT2D eigenvalue weighted by atomic mass is 10.2. The summed E-state index contributed by atoms with van der Waals surface area (Å²) in [6.45, 7) is 5.15. The smallest absolute Gasteiger partial charge is 0.407 e. The number of ether oxygens (including phenoxy) is 2. The maximum atomic E-state index is 13.2. The van der Waals surface area contributed by atoms with E-state index in [0.717, 1.165) is 6.07 Å². The zero-order chi connectivity index (χ0) is 16.3. The van der Waals surface area contributed by atoms with Crippen molar-refractivity contribution >= 4 is 16.3 Å². The van der Waals surface area contributed by atoms with E-state index in [-0.39, 0.29) is 12.3 Å². The molecular formula is C13H18FNO5S. The SMILES string of the molecule is COc1ccc(CNC(=O)OC(C)(C)C)cc1S(=O)(=O)F. The Hall–Kier alpha value is -1.83. The van der Waals surface area contributed by atoms with Gasteiger partial charge in [0.25, 0.3) is 0 Å². The van der Waals surface area contributed by atoms with Gasteiger partial charge in [-0.25, -0.2) is 4.79 Å². The molecule has 0 aliphatic carbocycles. The van der Waals surface area contributed by atoms with E-state index in [9.17, 15) is 17.1 Å². The van der Waals surface area contributed by atoms with E-state index in [2.05, 4.69) is 5.32 Å². The quantitative estimate of drug-likeness (QED) is 0.862. The molecule has 0 saturated carbocycles. The number of halogens is 1. The van der Waals surface area contributed by atoms with Crippen LogP contribution in [0.2, 0.25) is 0 Å². The number of alkyl carbamates (subject to hydrolysis) is 1. The molecule has 0 atom stereocenters. The van der Waals surface area contributed by atoms with E-state index in [1.807, 2.05) is 0 Å². The number of carbonyl (C=O) groups is 1. The number of carbonyl (C=O) groups excluding carboxylic acids is 1. The highest BCUT2D eigenvalue weighted by Gasteiger charge is 2.20. The van der Waals surface area contributed by atoms with Crippen molar-refractivity contribution in [1.29, 1.82) is 0 Å². The monoisotopic (exact) mass is 319 g/mol. The second-order valence-corrected chi connectivity index (χ2v) is 6.59. The molecule has 1 aromatic rings. The summed E-state index contributed by atoms with van der Waals surface area (Å²) in [5.41, 5.74) is -0.241. The fraction of sp³-hybridized carbons (Fsp3) is 0.462. The van der Waals surface area contributed by atoms with Crippen LogP contribution in [-0.4, -0.2) is 27.2 Å². The molecule has 0 aliphatic heterocycles. The number of nitrogens with one attached hydrogen (secondary N) is 1. The van der Waals surface area contributed by atoms with Crippen LogP contribution in [0.4, 0.5) is 8.68 Å². The highest BCUT2D eigenvalue weighted by molar-refractivity contribution is 7.86. The normalized spacial score (nSPS) is 11.9. The van der Waals surface area contributed by atoms with Gasteiger partial charge in [-0.05, 0) is 38.5 Å². The van der Waals surface area contributed by atoms with Crippen LogP contribution < -0.4 is 10.1 Å². The van der Waals surface area contributed by atoms with Crippen molar-refractivity contribution in [2.24, 2.45) is 0 Å². The molecule has 0 unspecified atom stereocenters. The van der Waals surface area contributed by atoms with Gasteiger partial charge in [-0.2, -0.15) is 8.42 Å². The average Bonchev–Trinajstić information content (AvgIpc) is 2.33. The zero-order valence-corrected chi connectivity index (χ0v) is 13.1. The zero-order valence-electron chi connectivity index (χ0n) is 12.3. The van der Waals surface area contributed by atoms with Gasteiger partial charge in [0.05, 0.1) is 7.11 Å². The van der Waals surface area contributed by atoms with Gasteiger partial charge < -0.3 is 14.8 Å². The topological polar surface area (TPSA) is 81.7 Å². The maximum Gasteiger partial charge on any atom is 0.407 e. The predicted octanol–water partition coefficient (Wildman–Crippen LogP) is 2.38. The van der Waals surface area contributed by atoms with Gasteiger partial charge in [0, 0.05) is 6.54 Å². The molecule has 21 heavy (non-hydrogen) atoms. The molecule has 1 aromatic carbocycles. The lowest BCUT2D eigenvalue weighted by molar-refractivity contribution is 0.0523. The minimum Gasteiger partial charge on any atom is -0.495 e. The lowest BCUT2D eigenvalue weighted by Gasteiger charge is -2.19. The average molecular weight is 319 g/mol. The van der Waals surface area contributed by atoms with Gasteiger partial charge in [-0.3, -0.25) is 0 Å². The molecule has 0 spiro atoms. The van der Waals surface area contributed by atoms with Crippen molar-refractivity contribution in [1.82, 2.24) is 5.32 Å². The Morgan fingerprint density at radius 3 is 2.43 bits per heavy atom. The number of amides is 1. The van der Waals surface area contributed by atoms with Crippen LogP contribution in [0, 0.1) is 0 Å². The van der Waals surface area contributed by atoms with Crippen LogP contribution in [0.5, 0.6) is 5.75 Å². The van der Waals surface area contributed by atoms with Gasteiger partial charge in [-0.1, -0.05) is 6.07 Å². The molecule has 6 nitrogen and oxygen atoms in total. The van der Waals surface area contributed by atoms with Crippen molar-refractivity contribution in [3.05, 3.63) is 23.8 Å². The Bertz CT molecular complexity index is 622. The summed E-state index contributed by atoms with van der Waals surface area (Å²) >= 11 is 0. The number of hydrogen-bond donors (Lipinski definition) is 1. The summed E-state index contributed by atoms with van der Waals surface area (Å²) in [6, 6.07) is 3.94. The Balaban J connectivity index is 2.85. The van der Waals surface area contributed by atoms with Crippen molar-refractivity contribution in [3.8, 4) is 5.75 Å². The summed E-state index contributed by atoms with van der Waals surface area (Å²) < 4.78 is 45.0. The molecular weight excluding hydrogens is 301 g/mol. The van der Waals surface area contributed by atoms with E-state index in [4.69, 9.17) is 9.47 Å². The highest BCUT2D eigenvalue weighted by Crippen LogP contribution is 2.26. The standard InChI is InChI=1S/C13H18FNO5S/c1-13(2,3)20-12(16)15-8-9-5-6-10(19-4)11(7-9)21(14,17)18/h5-7H,8H2,1-4H3,(H,15,16). The largest absolute Gasteiger partial charge is 0.495 e. The summed E-state index contributed by atoms with van der Waals surface area (Å²) in [4.78, 5) is 10.9. The first-order valence-electron chi connectivity index (χ1n) is 6.11. The van der Waals surface area contributed by atoms with Gasteiger partial charge in [-0.15, -0.1) is 3.89 Å². The Morgan fingerprint density at radius 1 is 1.33 bits per heavy atom. The van der Waals surface area contributed by atoms with Gasteiger partial charge in [0.1, 0.15) is 16.2 Å². The number of rotatable bonds is 4. The Labute approximate surface area is 123 Å². The van der Waals surface area contributed by atoms with E-state index >= 15 is 0 Å². The highest BCUT2D eigenvalue weighted by atomic mass is 32.3. The van der Waals surface area contributed by atoms with Crippen molar-refractivity contribution < 1.29 is 26.6 Å². The Morgan fingerprint density at radius 2 is 1.95 bits per heavy atom. The van der Waals surface area contributed by atoms with Crippen LogP contribution in [0.25, 0.3) is 0 Å². The molecule has 0 aromatic heterocycles. The Kier molecular flexibility index (Phi) is 5.16. The summed E-state index contributed by atoms with van der Waals surface area (Å²) in [6.07, 6.45) is -0.650. The van der Waals surface area contributed by atoms with Gasteiger partial charge in [0.15, 0.2) is 0 Å². The van der Waals surface area contributed by atoms with Crippen molar-refractivity contribution in [3.63, 3.8) is 0 Å². The minimum absolute atomic E-state index is 0.00142. The van der Waals surface area contributed by atoms with Crippen molar-refractivity contribution in [2.45, 2.75) is 37.8 Å². The molecule has 118 valence electrons. The van der Waals surface area contributed by atoms with E-state index in [1.54, 1.807) is 20.8 Å².